The monoisotopic (exact) mass is 489 g/mol. The van der Waals surface area contributed by atoms with Gasteiger partial charge in [-0.2, -0.15) is 0 Å². The normalized spacial score (nSPS) is 44.2. The summed E-state index contributed by atoms with van der Waals surface area (Å²) in [7, 11) is 3.10. The zero-order valence-electron chi connectivity index (χ0n) is 23.1. The summed E-state index contributed by atoms with van der Waals surface area (Å²) in [6, 6.07) is -0.0113. The highest BCUT2D eigenvalue weighted by Crippen LogP contribution is 2.34. The molecule has 1 unspecified atom stereocenters. The summed E-state index contributed by atoms with van der Waals surface area (Å²) < 4.78 is 17.3. The Kier molecular flexibility index (Phi) is 11.9. The van der Waals surface area contributed by atoms with Crippen LogP contribution in [0, 0.1) is 17.8 Å². The number of ether oxygens (including phenoxy) is 3. The molecule has 1 rings (SSSR count). The number of esters is 1. The maximum atomic E-state index is 13.2. The SMILES string of the molecule is CCCN1C[C@H](C)[C@@H](O)[C@](C)(O)[C@@H](CC)OC(=O)[C@H](C)[C@@H](OC)[C@H](C)[C@@H](OC)C(C)(O)C[C@H]1C. The topological polar surface area (TPSA) is 109 Å². The van der Waals surface area contributed by atoms with Crippen LogP contribution in [0.3, 0.4) is 0 Å². The highest BCUT2D eigenvalue weighted by atomic mass is 16.6. The fourth-order valence-corrected chi connectivity index (χ4v) is 5.94. The molecule has 0 spiro atoms. The molecular weight excluding hydrogens is 438 g/mol. The predicted octanol–water partition coefficient (Wildman–Crippen LogP) is 2.61. The minimum absolute atomic E-state index is 0.0113. The van der Waals surface area contributed by atoms with Gasteiger partial charge < -0.3 is 34.4 Å². The van der Waals surface area contributed by atoms with Gasteiger partial charge in [-0.25, -0.2) is 0 Å². The van der Waals surface area contributed by atoms with E-state index in [-0.39, 0.29) is 17.9 Å². The Hall–Kier alpha value is -0.770. The molecule has 1 saturated heterocycles. The van der Waals surface area contributed by atoms with Gasteiger partial charge in [-0.3, -0.25) is 4.79 Å². The summed E-state index contributed by atoms with van der Waals surface area (Å²) >= 11 is 0. The van der Waals surface area contributed by atoms with Gasteiger partial charge in [0.1, 0.15) is 11.7 Å². The molecule has 0 bridgehead atoms. The number of carbonyl (C=O) groups excluding carboxylic acids is 1. The zero-order chi connectivity index (χ0) is 26.4. The Balaban J connectivity index is 3.55. The predicted molar refractivity (Wildman–Crippen MR) is 132 cm³/mol. The number of cyclic esters (lactones) is 1. The molecule has 3 N–H and O–H groups in total. The van der Waals surface area contributed by atoms with Gasteiger partial charge in [-0.1, -0.05) is 27.7 Å². The van der Waals surface area contributed by atoms with Gasteiger partial charge in [-0.05, 0) is 59.4 Å². The van der Waals surface area contributed by atoms with E-state index >= 15 is 0 Å². The number of aliphatic hydroxyl groups excluding tert-OH is 1. The second-order valence-corrected chi connectivity index (χ2v) is 10.9. The molecular formula is C26H51NO7. The second-order valence-electron chi connectivity index (χ2n) is 10.9. The fraction of sp³-hybridized carbons (Fsp3) is 0.962. The first-order valence-corrected chi connectivity index (χ1v) is 12.8. The van der Waals surface area contributed by atoms with Crippen LogP contribution in [0.1, 0.15) is 74.7 Å². The Morgan fingerprint density at radius 1 is 1.09 bits per heavy atom. The Morgan fingerprint density at radius 2 is 1.68 bits per heavy atom. The average molecular weight is 490 g/mol. The largest absolute Gasteiger partial charge is 0.459 e. The van der Waals surface area contributed by atoms with Crippen molar-refractivity contribution in [3.05, 3.63) is 0 Å². The van der Waals surface area contributed by atoms with Crippen LogP contribution < -0.4 is 0 Å². The zero-order valence-corrected chi connectivity index (χ0v) is 23.1. The fourth-order valence-electron chi connectivity index (χ4n) is 5.94. The highest BCUT2D eigenvalue weighted by molar-refractivity contribution is 5.73. The number of hydrogen-bond acceptors (Lipinski definition) is 8. The summed E-state index contributed by atoms with van der Waals surface area (Å²) in [5.41, 5.74) is -2.82. The van der Waals surface area contributed by atoms with Crippen LogP contribution in [0.15, 0.2) is 0 Å². The standard InChI is InChI=1S/C26H51NO7/c1-11-13-27-15-16(3)22(28)26(8,31)20(12-2)34-24(29)19(6)21(32-9)18(5)23(33-10)25(7,30)14-17(27)4/h16-23,28,30-31H,11-15H2,1-10H3/t16-,17+,18-,19+,20+,21-,22+,23+,25?,26+/m0/s1. The van der Waals surface area contributed by atoms with Gasteiger partial charge in [-0.15, -0.1) is 0 Å². The average Bonchev–Trinajstić information content (AvgIpc) is 2.75. The smallest absolute Gasteiger partial charge is 0.311 e. The van der Waals surface area contributed by atoms with Gasteiger partial charge in [0.2, 0.25) is 0 Å². The van der Waals surface area contributed by atoms with E-state index < -0.39 is 47.5 Å². The van der Waals surface area contributed by atoms with Crippen LogP contribution in [0.25, 0.3) is 0 Å². The van der Waals surface area contributed by atoms with Crippen molar-refractivity contribution in [2.45, 2.75) is 116 Å². The van der Waals surface area contributed by atoms with E-state index in [1.54, 1.807) is 21.0 Å². The molecule has 1 aliphatic rings. The van der Waals surface area contributed by atoms with Crippen LogP contribution in [0.2, 0.25) is 0 Å². The molecule has 0 saturated carbocycles. The molecule has 202 valence electrons. The van der Waals surface area contributed by atoms with Crippen molar-refractivity contribution in [3.8, 4) is 0 Å². The molecule has 8 heteroatoms. The van der Waals surface area contributed by atoms with Crippen molar-refractivity contribution in [3.63, 3.8) is 0 Å². The third kappa shape index (κ3) is 7.14. The second kappa shape index (κ2) is 13.0. The lowest BCUT2D eigenvalue weighted by Crippen LogP contribution is -2.56. The molecule has 1 heterocycles. The van der Waals surface area contributed by atoms with E-state index in [1.807, 2.05) is 20.8 Å². The molecule has 0 radical (unpaired) electrons. The van der Waals surface area contributed by atoms with Crippen molar-refractivity contribution in [2.24, 2.45) is 17.8 Å². The number of methoxy groups -OCH3 is 2. The van der Waals surface area contributed by atoms with Gasteiger partial charge in [0.25, 0.3) is 0 Å². The highest BCUT2D eigenvalue weighted by Gasteiger charge is 2.47. The maximum absolute atomic E-state index is 13.2. The van der Waals surface area contributed by atoms with Crippen molar-refractivity contribution in [2.75, 3.05) is 27.3 Å². The summed E-state index contributed by atoms with van der Waals surface area (Å²) in [6.45, 7) is 16.1. The number of carbonyl (C=O) groups is 1. The Morgan fingerprint density at radius 3 is 2.15 bits per heavy atom. The molecule has 0 aromatic carbocycles. The van der Waals surface area contributed by atoms with E-state index in [4.69, 9.17) is 14.2 Å². The van der Waals surface area contributed by atoms with Crippen molar-refractivity contribution < 1.29 is 34.3 Å². The van der Waals surface area contributed by atoms with Gasteiger partial charge in [0.15, 0.2) is 0 Å². The molecule has 1 aliphatic heterocycles. The van der Waals surface area contributed by atoms with E-state index in [1.165, 1.54) is 14.0 Å². The Bertz CT molecular complexity index is 626. The van der Waals surface area contributed by atoms with Gasteiger partial charge in [0, 0.05) is 32.7 Å². The first kappa shape index (κ1) is 31.3. The third-order valence-electron chi connectivity index (χ3n) is 7.78. The summed E-state index contributed by atoms with van der Waals surface area (Å²) in [5.74, 6) is -1.81. The lowest BCUT2D eigenvalue weighted by atomic mass is 9.79. The maximum Gasteiger partial charge on any atom is 0.311 e. The first-order valence-electron chi connectivity index (χ1n) is 12.8. The summed E-state index contributed by atoms with van der Waals surface area (Å²) in [6.07, 6.45) is -1.46. The lowest BCUT2D eigenvalue weighted by molar-refractivity contribution is -0.194. The minimum Gasteiger partial charge on any atom is -0.459 e. The molecule has 0 aromatic heterocycles. The number of aliphatic hydroxyl groups is 3. The molecule has 0 amide bonds. The van der Waals surface area contributed by atoms with Crippen LogP contribution >= 0.6 is 0 Å². The van der Waals surface area contributed by atoms with Gasteiger partial charge in [0.05, 0.1) is 29.8 Å². The summed E-state index contributed by atoms with van der Waals surface area (Å²) in [5, 5.41) is 34.0. The van der Waals surface area contributed by atoms with Gasteiger partial charge >= 0.3 is 5.97 Å². The van der Waals surface area contributed by atoms with Crippen LogP contribution in [0.4, 0.5) is 0 Å². The molecule has 1 fully saturated rings. The van der Waals surface area contributed by atoms with Crippen molar-refractivity contribution in [1.82, 2.24) is 4.90 Å². The van der Waals surface area contributed by atoms with E-state index in [2.05, 4.69) is 18.7 Å². The molecule has 10 atom stereocenters. The quantitative estimate of drug-likeness (QED) is 0.506. The van der Waals surface area contributed by atoms with Crippen molar-refractivity contribution >= 4 is 5.97 Å². The number of nitrogens with zero attached hydrogens (tertiary/aromatic N) is 1. The summed E-state index contributed by atoms with van der Waals surface area (Å²) in [4.78, 5) is 15.4. The lowest BCUT2D eigenvalue weighted by Gasteiger charge is -2.43. The van der Waals surface area contributed by atoms with Crippen LogP contribution in [-0.2, 0) is 19.0 Å². The number of hydrogen-bond donors (Lipinski definition) is 3. The number of rotatable bonds is 5. The third-order valence-corrected chi connectivity index (χ3v) is 7.78. The molecule has 34 heavy (non-hydrogen) atoms. The molecule has 0 aliphatic carbocycles. The Labute approximate surface area is 207 Å². The van der Waals surface area contributed by atoms with E-state index in [0.717, 1.165) is 13.0 Å². The van der Waals surface area contributed by atoms with Crippen molar-refractivity contribution in [1.29, 1.82) is 0 Å². The van der Waals surface area contributed by atoms with Crippen LogP contribution in [-0.4, -0.2) is 95.2 Å². The van der Waals surface area contributed by atoms with E-state index in [0.29, 0.717) is 19.4 Å². The molecule has 0 aromatic rings. The van der Waals surface area contributed by atoms with Crippen LogP contribution in [0.5, 0.6) is 0 Å². The first-order chi connectivity index (χ1) is 15.7. The molecule has 8 nitrogen and oxygen atoms in total. The van der Waals surface area contributed by atoms with E-state index in [9.17, 15) is 20.1 Å². The minimum atomic E-state index is -1.63.